The van der Waals surface area contributed by atoms with Crippen molar-refractivity contribution < 1.29 is 9.59 Å². The van der Waals surface area contributed by atoms with Gasteiger partial charge >= 0.3 is 0 Å². The Balaban J connectivity index is -0.000000138. The van der Waals surface area contributed by atoms with Crippen molar-refractivity contribution >= 4 is 11.6 Å². The summed E-state index contributed by atoms with van der Waals surface area (Å²) in [4.78, 5) is 29.3. The first kappa shape index (κ1) is 30.5. The van der Waals surface area contributed by atoms with Crippen molar-refractivity contribution in [3.8, 4) is 0 Å². The topological polar surface area (TPSA) is 59.9 Å². The second-order valence-electron chi connectivity index (χ2n) is 3.76. The number of carbonyl (C=O) groups excluding carboxylic acids is 2. The number of aromatic nitrogens is 2. The van der Waals surface area contributed by atoms with Gasteiger partial charge in [-0.3, -0.25) is 19.6 Å². The monoisotopic (exact) mass is 348 g/mol. The Morgan fingerprint density at radius 3 is 1.44 bits per heavy atom. The lowest BCUT2D eigenvalue weighted by molar-refractivity contribution is 0.0981. The maximum Gasteiger partial charge on any atom is 0.180 e. The maximum absolute atomic E-state index is 11.0. The molecule has 0 atom stereocenters. The van der Waals surface area contributed by atoms with Crippen molar-refractivity contribution in [2.75, 3.05) is 0 Å². The second kappa shape index (κ2) is 21.6. The van der Waals surface area contributed by atoms with Gasteiger partial charge in [-0.05, 0) is 24.3 Å². The van der Waals surface area contributed by atoms with Crippen LogP contribution < -0.4 is 0 Å². The highest BCUT2D eigenvalue weighted by molar-refractivity contribution is 5.93. The van der Waals surface area contributed by atoms with E-state index in [0.717, 1.165) is 0 Å². The molecule has 0 unspecified atom stereocenters. The zero-order chi connectivity index (χ0) is 18.1. The second-order valence-corrected chi connectivity index (χ2v) is 3.76. The Hall–Kier alpha value is -2.36. The minimum atomic E-state index is 0. The smallest absolute Gasteiger partial charge is 0.180 e. The van der Waals surface area contributed by atoms with Crippen molar-refractivity contribution in [3.63, 3.8) is 0 Å². The zero-order valence-electron chi connectivity index (χ0n) is 15.0. The lowest BCUT2D eigenvalue weighted by Crippen LogP contribution is -1.98. The van der Waals surface area contributed by atoms with E-state index >= 15 is 0 Å². The molecule has 4 nitrogen and oxygen atoms in total. The Morgan fingerprint density at radius 2 is 1.20 bits per heavy atom. The summed E-state index contributed by atoms with van der Waals surface area (Å²) in [6.45, 7) is 11.3. The van der Waals surface area contributed by atoms with Gasteiger partial charge in [-0.25, -0.2) is 0 Å². The van der Waals surface area contributed by atoms with Crippen molar-refractivity contribution in [1.82, 2.24) is 9.97 Å². The summed E-state index contributed by atoms with van der Waals surface area (Å²) in [5.74, 6) is 0.108. The molecule has 2 heterocycles. The van der Waals surface area contributed by atoms with Crippen LogP contribution in [-0.4, -0.2) is 21.5 Å². The number of carbonyl (C=O) groups is 2. The van der Waals surface area contributed by atoms with Gasteiger partial charge in [-0.1, -0.05) is 61.6 Å². The van der Waals surface area contributed by atoms with Crippen molar-refractivity contribution in [2.45, 2.75) is 62.8 Å². The first-order valence-corrected chi connectivity index (χ1v) is 8.01. The SMILES string of the molecule is C.C.CC.CC.CC(=O)c1ccccn1.CCC(=O)c1ccccn1. The molecule has 0 radical (unpaired) electrons. The minimum absolute atomic E-state index is 0. The number of Topliss-reactive ketones (excluding diaryl/α,β-unsaturated/α-hetero) is 2. The average molecular weight is 349 g/mol. The molecule has 0 aliphatic rings. The van der Waals surface area contributed by atoms with E-state index in [2.05, 4.69) is 9.97 Å². The molecular weight excluding hydrogens is 312 g/mol. The highest BCUT2D eigenvalue weighted by Gasteiger charge is 2.00. The number of nitrogens with zero attached hydrogens (tertiary/aromatic N) is 2. The molecule has 0 N–H and O–H groups in total. The van der Waals surface area contributed by atoms with Gasteiger partial charge < -0.3 is 0 Å². The van der Waals surface area contributed by atoms with Gasteiger partial charge in [0, 0.05) is 25.7 Å². The van der Waals surface area contributed by atoms with Crippen LogP contribution in [0.4, 0.5) is 0 Å². The fraction of sp³-hybridized carbons (Fsp3) is 0.429. The van der Waals surface area contributed by atoms with E-state index in [9.17, 15) is 9.59 Å². The van der Waals surface area contributed by atoms with Gasteiger partial charge in [0.2, 0.25) is 0 Å². The molecule has 0 fully saturated rings. The molecular formula is C21H36N2O2. The quantitative estimate of drug-likeness (QED) is 0.612. The normalized spacial score (nSPS) is 7.44. The maximum atomic E-state index is 11.0. The first-order valence-electron chi connectivity index (χ1n) is 8.01. The van der Waals surface area contributed by atoms with E-state index < -0.39 is 0 Å². The van der Waals surface area contributed by atoms with E-state index in [-0.39, 0.29) is 26.4 Å². The van der Waals surface area contributed by atoms with Crippen molar-refractivity contribution in [2.24, 2.45) is 0 Å². The number of hydrogen-bond donors (Lipinski definition) is 0. The number of rotatable bonds is 3. The molecule has 2 aromatic heterocycles. The summed E-state index contributed by atoms with van der Waals surface area (Å²) in [7, 11) is 0. The van der Waals surface area contributed by atoms with Gasteiger partial charge in [0.1, 0.15) is 11.4 Å². The fourth-order valence-electron chi connectivity index (χ4n) is 1.28. The van der Waals surface area contributed by atoms with Crippen LogP contribution in [0.25, 0.3) is 0 Å². The predicted octanol–water partition coefficient (Wildman–Crippen LogP) is 6.28. The molecule has 0 aliphatic heterocycles. The van der Waals surface area contributed by atoms with E-state index in [1.807, 2.05) is 40.7 Å². The van der Waals surface area contributed by atoms with E-state index in [4.69, 9.17) is 0 Å². The number of ketones is 2. The molecule has 2 rings (SSSR count). The van der Waals surface area contributed by atoms with E-state index in [0.29, 0.717) is 17.8 Å². The number of pyridine rings is 2. The number of hydrogen-bond acceptors (Lipinski definition) is 4. The Kier molecular flexibility index (Phi) is 26.4. The molecule has 0 bridgehead atoms. The van der Waals surface area contributed by atoms with Crippen LogP contribution in [0.5, 0.6) is 0 Å². The lowest BCUT2D eigenvalue weighted by atomic mass is 10.2. The van der Waals surface area contributed by atoms with Crippen LogP contribution in [-0.2, 0) is 0 Å². The van der Waals surface area contributed by atoms with Crippen molar-refractivity contribution in [3.05, 3.63) is 60.2 Å². The Bertz CT molecular complexity index is 526. The summed E-state index contributed by atoms with van der Waals surface area (Å²) >= 11 is 0. The van der Waals surface area contributed by atoms with E-state index in [1.54, 1.807) is 42.7 Å². The predicted molar refractivity (Wildman–Crippen MR) is 109 cm³/mol. The van der Waals surface area contributed by atoms with Gasteiger partial charge in [-0.15, -0.1) is 0 Å². The van der Waals surface area contributed by atoms with Gasteiger partial charge in [-0.2, -0.15) is 0 Å². The third kappa shape index (κ3) is 14.9. The summed E-state index contributed by atoms with van der Waals surface area (Å²) in [6.07, 6.45) is 3.76. The molecule has 0 aliphatic carbocycles. The van der Waals surface area contributed by atoms with Gasteiger partial charge in [0.25, 0.3) is 0 Å². The molecule has 0 saturated heterocycles. The molecule has 142 valence electrons. The molecule has 0 amide bonds. The van der Waals surface area contributed by atoms with E-state index in [1.165, 1.54) is 6.92 Å². The molecule has 0 aromatic carbocycles. The summed E-state index contributed by atoms with van der Waals surface area (Å²) < 4.78 is 0. The van der Waals surface area contributed by atoms with Crippen molar-refractivity contribution in [1.29, 1.82) is 0 Å². The third-order valence-corrected chi connectivity index (χ3v) is 2.30. The Labute approximate surface area is 154 Å². The molecule has 0 spiro atoms. The van der Waals surface area contributed by atoms with Crippen LogP contribution in [0, 0.1) is 0 Å². The zero-order valence-corrected chi connectivity index (χ0v) is 15.0. The molecule has 0 saturated carbocycles. The van der Waals surface area contributed by atoms with Crippen LogP contribution in [0.2, 0.25) is 0 Å². The molecule has 2 aromatic rings. The van der Waals surface area contributed by atoms with Gasteiger partial charge in [0.15, 0.2) is 11.6 Å². The standard InChI is InChI=1S/C8H9NO.C7H7NO.2C2H6.2CH4/c1-2-8(10)7-5-3-4-6-9-7;1-6(9)7-4-2-3-5-8-7;2*1-2;;/h3-6H,2H2,1H3;2-5H,1H3;2*1-2H3;2*1H4. The largest absolute Gasteiger partial charge is 0.293 e. The molecule has 4 heteroatoms. The summed E-state index contributed by atoms with van der Waals surface area (Å²) in [5, 5.41) is 0. The van der Waals surface area contributed by atoms with Crippen LogP contribution >= 0.6 is 0 Å². The molecule has 25 heavy (non-hydrogen) atoms. The van der Waals surface area contributed by atoms with Gasteiger partial charge in [0.05, 0.1) is 0 Å². The summed E-state index contributed by atoms with van der Waals surface area (Å²) in [6, 6.07) is 10.6. The highest BCUT2D eigenvalue weighted by Crippen LogP contribution is 1.96. The fourth-order valence-corrected chi connectivity index (χ4v) is 1.28. The summed E-state index contributed by atoms with van der Waals surface area (Å²) in [5.41, 5.74) is 1.09. The average Bonchev–Trinajstić information content (AvgIpc) is 2.66. The van der Waals surface area contributed by atoms with Crippen LogP contribution in [0.1, 0.15) is 83.8 Å². The van der Waals surface area contributed by atoms with Crippen LogP contribution in [0.3, 0.4) is 0 Å². The Morgan fingerprint density at radius 1 is 0.800 bits per heavy atom. The first-order chi connectivity index (χ1) is 11.1. The highest BCUT2D eigenvalue weighted by atomic mass is 16.1. The lowest BCUT2D eigenvalue weighted by Gasteiger charge is -1.92. The minimum Gasteiger partial charge on any atom is -0.293 e. The third-order valence-electron chi connectivity index (χ3n) is 2.30. The van der Waals surface area contributed by atoms with Crippen LogP contribution in [0.15, 0.2) is 48.8 Å².